The van der Waals surface area contributed by atoms with E-state index in [1.54, 1.807) is 0 Å². The van der Waals surface area contributed by atoms with Gasteiger partial charge in [0.05, 0.1) is 18.5 Å². The Morgan fingerprint density at radius 3 is 2.44 bits per heavy atom. The van der Waals surface area contributed by atoms with Gasteiger partial charge in [-0.3, -0.25) is 9.59 Å². The lowest BCUT2D eigenvalue weighted by Gasteiger charge is -2.31. The third kappa shape index (κ3) is 10.7. The van der Waals surface area contributed by atoms with E-state index >= 15 is 0 Å². The zero-order valence-electron chi connectivity index (χ0n) is 20.0. The summed E-state index contributed by atoms with van der Waals surface area (Å²) in [5.41, 5.74) is -0.116. The molecular formula is C25H44O7. The number of hydrogen-bond acceptors (Lipinski definition) is 7. The second-order valence-corrected chi connectivity index (χ2v) is 9.33. The topological polar surface area (TPSA) is 135 Å². The minimum Gasteiger partial charge on any atom is -0.516 e. The van der Waals surface area contributed by atoms with E-state index in [9.17, 15) is 24.9 Å². The highest BCUT2D eigenvalue weighted by Gasteiger charge is 2.40. The lowest BCUT2D eigenvalue weighted by Crippen LogP contribution is -2.29. The largest absolute Gasteiger partial charge is 0.516 e. The van der Waals surface area contributed by atoms with Crippen LogP contribution in [0.25, 0.3) is 0 Å². The zero-order chi connectivity index (χ0) is 24.7. The van der Waals surface area contributed by atoms with Gasteiger partial charge in [-0.05, 0) is 55.9 Å². The zero-order valence-corrected chi connectivity index (χ0v) is 20.0. The fraction of sp³-hybridized carbons (Fsp3) is 0.760. The Kier molecular flexibility index (Phi) is 15.1. The lowest BCUT2D eigenvalue weighted by atomic mass is 9.79. The van der Waals surface area contributed by atoms with E-state index in [0.717, 1.165) is 44.8 Å². The monoisotopic (exact) mass is 456 g/mol. The van der Waals surface area contributed by atoms with Gasteiger partial charge in [-0.2, -0.15) is 0 Å². The van der Waals surface area contributed by atoms with E-state index in [2.05, 4.69) is 27.4 Å². The van der Waals surface area contributed by atoms with Crippen LogP contribution in [0.5, 0.6) is 0 Å². The average molecular weight is 457 g/mol. The SMILES string of the molecule is C=CO.CCCC(C)(C)C(O)CCC[C@H]1[C@H](O)CC(=O)[C@@H]1CCCCC=C(O)C(=O)CO. The van der Waals surface area contributed by atoms with Crippen LogP contribution in [-0.2, 0) is 9.59 Å². The van der Waals surface area contributed by atoms with Gasteiger partial charge in [0.1, 0.15) is 12.4 Å². The van der Waals surface area contributed by atoms with Gasteiger partial charge in [0, 0.05) is 12.3 Å². The maximum absolute atomic E-state index is 12.3. The Bertz CT molecular complexity index is 597. The van der Waals surface area contributed by atoms with Gasteiger partial charge in [0.2, 0.25) is 5.78 Å². The van der Waals surface area contributed by atoms with Gasteiger partial charge in [-0.1, -0.05) is 46.6 Å². The molecule has 1 aliphatic carbocycles. The summed E-state index contributed by atoms with van der Waals surface area (Å²) < 4.78 is 0. The van der Waals surface area contributed by atoms with Gasteiger partial charge >= 0.3 is 0 Å². The molecule has 0 spiro atoms. The second-order valence-electron chi connectivity index (χ2n) is 9.33. The van der Waals surface area contributed by atoms with Gasteiger partial charge in [0.25, 0.3) is 0 Å². The van der Waals surface area contributed by atoms with Crippen LogP contribution in [0.2, 0.25) is 0 Å². The highest BCUT2D eigenvalue weighted by molar-refractivity contribution is 5.93. The molecule has 1 saturated carbocycles. The predicted molar refractivity (Wildman–Crippen MR) is 125 cm³/mol. The molecule has 0 aromatic carbocycles. The molecule has 1 fully saturated rings. The first-order chi connectivity index (χ1) is 15.0. The minimum absolute atomic E-state index is 0.0519. The Morgan fingerprint density at radius 2 is 1.88 bits per heavy atom. The molecule has 186 valence electrons. The van der Waals surface area contributed by atoms with E-state index < -0.39 is 24.3 Å². The van der Waals surface area contributed by atoms with E-state index in [4.69, 9.17) is 10.2 Å². The summed E-state index contributed by atoms with van der Waals surface area (Å²) in [6.07, 6.45) is 8.28. The first kappa shape index (κ1) is 30.3. The molecule has 0 bridgehead atoms. The number of unbranched alkanes of at least 4 members (excludes halogenated alkanes) is 2. The lowest BCUT2D eigenvalue weighted by molar-refractivity contribution is -0.121. The van der Waals surface area contributed by atoms with Crippen molar-refractivity contribution in [2.45, 2.75) is 97.2 Å². The molecule has 4 atom stereocenters. The van der Waals surface area contributed by atoms with Crippen LogP contribution in [0, 0.1) is 17.3 Å². The molecular weight excluding hydrogens is 412 g/mol. The Morgan fingerprint density at radius 1 is 1.25 bits per heavy atom. The first-order valence-electron chi connectivity index (χ1n) is 11.7. The van der Waals surface area contributed by atoms with Crippen molar-refractivity contribution in [3.05, 3.63) is 24.7 Å². The number of carbonyl (C=O) groups excluding carboxylic acids is 2. The van der Waals surface area contributed by atoms with Crippen molar-refractivity contribution in [3.63, 3.8) is 0 Å². The minimum atomic E-state index is -0.706. The van der Waals surface area contributed by atoms with Gasteiger partial charge in [-0.15, -0.1) is 0 Å². The van der Waals surface area contributed by atoms with Crippen molar-refractivity contribution in [1.29, 1.82) is 0 Å². The van der Waals surface area contributed by atoms with E-state index in [-0.39, 0.29) is 35.6 Å². The van der Waals surface area contributed by atoms with Crippen molar-refractivity contribution in [1.82, 2.24) is 0 Å². The third-order valence-corrected chi connectivity index (χ3v) is 6.38. The van der Waals surface area contributed by atoms with Crippen LogP contribution in [0.4, 0.5) is 0 Å². The molecule has 0 aromatic rings. The Hall–Kier alpha value is -1.70. The number of carbonyl (C=O) groups is 2. The van der Waals surface area contributed by atoms with Crippen molar-refractivity contribution < 1.29 is 35.1 Å². The van der Waals surface area contributed by atoms with Crippen LogP contribution in [0.15, 0.2) is 24.7 Å². The van der Waals surface area contributed by atoms with Crippen LogP contribution in [0.3, 0.4) is 0 Å². The third-order valence-electron chi connectivity index (χ3n) is 6.38. The summed E-state index contributed by atoms with van der Waals surface area (Å²) in [6, 6.07) is 0. The maximum Gasteiger partial charge on any atom is 0.221 e. The van der Waals surface area contributed by atoms with Crippen molar-refractivity contribution >= 4 is 11.6 Å². The van der Waals surface area contributed by atoms with Crippen molar-refractivity contribution in [2.24, 2.45) is 17.3 Å². The fourth-order valence-electron chi connectivity index (χ4n) is 4.48. The number of ketones is 2. The first-order valence-corrected chi connectivity index (χ1v) is 11.7. The molecule has 1 rings (SSSR count). The molecule has 1 aliphatic rings. The molecule has 7 heteroatoms. The van der Waals surface area contributed by atoms with Crippen LogP contribution >= 0.6 is 0 Å². The fourth-order valence-corrected chi connectivity index (χ4v) is 4.48. The molecule has 5 N–H and O–H groups in total. The summed E-state index contributed by atoms with van der Waals surface area (Å²) in [5.74, 6) is -1.19. The molecule has 0 radical (unpaired) electrons. The van der Waals surface area contributed by atoms with Crippen LogP contribution in [0.1, 0.15) is 85.0 Å². The molecule has 0 aromatic heterocycles. The van der Waals surface area contributed by atoms with E-state index in [0.29, 0.717) is 19.3 Å². The molecule has 0 heterocycles. The Balaban J connectivity index is 0.00000302. The second kappa shape index (κ2) is 16.0. The number of aliphatic hydroxyl groups excluding tert-OH is 5. The molecule has 0 aliphatic heterocycles. The van der Waals surface area contributed by atoms with E-state index in [1.807, 2.05) is 0 Å². The van der Waals surface area contributed by atoms with Gasteiger partial charge < -0.3 is 25.5 Å². The van der Waals surface area contributed by atoms with Crippen LogP contribution < -0.4 is 0 Å². The molecule has 0 amide bonds. The highest BCUT2D eigenvalue weighted by Crippen LogP contribution is 2.37. The highest BCUT2D eigenvalue weighted by atomic mass is 16.3. The molecule has 7 nitrogen and oxygen atoms in total. The number of rotatable bonds is 14. The van der Waals surface area contributed by atoms with Gasteiger partial charge in [-0.25, -0.2) is 0 Å². The number of hydrogen-bond donors (Lipinski definition) is 5. The number of Topliss-reactive ketones (excluding diaryl/α,β-unsaturated/α-hetero) is 2. The number of aliphatic hydroxyl groups is 5. The molecule has 32 heavy (non-hydrogen) atoms. The molecule has 0 saturated heterocycles. The maximum atomic E-state index is 12.3. The average Bonchev–Trinajstić information content (AvgIpc) is 3.00. The number of allylic oxidation sites excluding steroid dienone is 1. The summed E-state index contributed by atoms with van der Waals surface area (Å²) in [6.45, 7) is 8.49. The van der Waals surface area contributed by atoms with Crippen molar-refractivity contribution in [3.8, 4) is 0 Å². The normalized spacial score (nSPS) is 22.2. The summed E-state index contributed by atoms with van der Waals surface area (Å²) >= 11 is 0. The van der Waals surface area contributed by atoms with Crippen molar-refractivity contribution in [2.75, 3.05) is 6.61 Å². The van der Waals surface area contributed by atoms with Crippen LogP contribution in [-0.4, -0.2) is 55.9 Å². The summed E-state index contributed by atoms with van der Waals surface area (Å²) in [4.78, 5) is 23.4. The smallest absolute Gasteiger partial charge is 0.221 e. The summed E-state index contributed by atoms with van der Waals surface area (Å²) in [7, 11) is 0. The molecule has 1 unspecified atom stereocenters. The summed E-state index contributed by atoms with van der Waals surface area (Å²) in [5, 5.41) is 46.2. The Labute approximate surface area is 192 Å². The quantitative estimate of drug-likeness (QED) is 0.150. The predicted octanol–water partition coefficient (Wildman–Crippen LogP) is 4.16. The van der Waals surface area contributed by atoms with Gasteiger partial charge in [0.15, 0.2) is 5.76 Å². The van der Waals surface area contributed by atoms with E-state index in [1.165, 1.54) is 6.08 Å². The standard InChI is InChI=1S/C23H40O6.C2H4O/c1-4-13-23(2,3)22(29)12-8-10-17-16(19(26)14-20(17)27)9-6-5-7-11-18(25)21(28)15-24;1-2-3/h11,16-17,20,22,24-25,27,29H,4-10,12-15H2,1-3H3;2-3H,1H2/t16-,17-,20-,22?;/m1./s1.